The molecule has 0 saturated carbocycles. The molecule has 0 aliphatic carbocycles. The van der Waals surface area contributed by atoms with Crippen LogP contribution in [0.25, 0.3) is 0 Å². The lowest BCUT2D eigenvalue weighted by Crippen LogP contribution is -2.23. The first-order valence-electron chi connectivity index (χ1n) is 12.0. The third-order valence-electron chi connectivity index (χ3n) is 5.89. The SMILES string of the molecule is CN(C)c1ccc(C(NCc2ccccc2)P(=O)(OCc2ccccc2)OCc2ccccc2)cc1. The highest BCUT2D eigenvalue weighted by Crippen LogP contribution is 2.61. The first kappa shape index (κ1) is 25.9. The van der Waals surface area contributed by atoms with E-state index in [0.717, 1.165) is 27.9 Å². The molecular formula is C30H33N2O3P. The van der Waals surface area contributed by atoms with Gasteiger partial charge in [-0.25, -0.2) is 0 Å². The minimum atomic E-state index is -3.68. The third-order valence-corrected chi connectivity index (χ3v) is 7.98. The van der Waals surface area contributed by atoms with Crippen molar-refractivity contribution in [2.45, 2.75) is 25.5 Å². The van der Waals surface area contributed by atoms with Crippen molar-refractivity contribution in [1.82, 2.24) is 5.32 Å². The number of rotatable bonds is 12. The summed E-state index contributed by atoms with van der Waals surface area (Å²) in [6.07, 6.45) is 0. The van der Waals surface area contributed by atoms with Gasteiger partial charge in [0.25, 0.3) is 0 Å². The molecule has 1 unspecified atom stereocenters. The smallest absolute Gasteiger partial charge is 0.352 e. The van der Waals surface area contributed by atoms with Gasteiger partial charge in [-0.05, 0) is 34.4 Å². The number of anilines is 1. The maximum atomic E-state index is 14.6. The number of hydrogen-bond acceptors (Lipinski definition) is 5. The molecule has 1 atom stereocenters. The van der Waals surface area contributed by atoms with Crippen molar-refractivity contribution >= 4 is 13.3 Å². The number of nitrogens with one attached hydrogen (secondary N) is 1. The van der Waals surface area contributed by atoms with E-state index in [1.54, 1.807) is 0 Å². The average molecular weight is 501 g/mol. The molecule has 1 N–H and O–H groups in total. The van der Waals surface area contributed by atoms with Crippen molar-refractivity contribution < 1.29 is 13.6 Å². The fraction of sp³-hybridized carbons (Fsp3) is 0.200. The van der Waals surface area contributed by atoms with Crippen LogP contribution in [0.3, 0.4) is 0 Å². The standard InChI is InChI=1S/C30H33N2O3P/c1-32(2)29-20-18-28(19-21-29)30(31-22-25-12-6-3-7-13-25)36(33,34-23-26-14-8-4-9-15-26)35-24-27-16-10-5-11-17-27/h3-21,30-31H,22-24H2,1-2H3. The van der Waals surface area contributed by atoms with E-state index >= 15 is 0 Å². The highest BCUT2D eigenvalue weighted by Gasteiger charge is 2.37. The Morgan fingerprint density at radius 3 is 1.56 bits per heavy atom. The summed E-state index contributed by atoms with van der Waals surface area (Å²) in [6.45, 7) is 0.896. The van der Waals surface area contributed by atoms with Crippen LogP contribution in [0.4, 0.5) is 5.69 Å². The fourth-order valence-electron chi connectivity index (χ4n) is 3.84. The summed E-state index contributed by atoms with van der Waals surface area (Å²) in [5, 5.41) is 3.49. The van der Waals surface area contributed by atoms with Gasteiger partial charge in [0, 0.05) is 26.3 Å². The van der Waals surface area contributed by atoms with Crippen molar-refractivity contribution in [3.8, 4) is 0 Å². The van der Waals surface area contributed by atoms with Crippen molar-refractivity contribution in [1.29, 1.82) is 0 Å². The van der Waals surface area contributed by atoms with Gasteiger partial charge in [-0.15, -0.1) is 0 Å². The van der Waals surface area contributed by atoms with Crippen LogP contribution < -0.4 is 10.2 Å². The number of benzene rings is 4. The van der Waals surface area contributed by atoms with E-state index in [2.05, 4.69) is 5.32 Å². The quantitative estimate of drug-likeness (QED) is 0.209. The van der Waals surface area contributed by atoms with Gasteiger partial charge < -0.3 is 13.9 Å². The molecule has 36 heavy (non-hydrogen) atoms. The molecule has 4 aromatic carbocycles. The van der Waals surface area contributed by atoms with Gasteiger partial charge in [0.1, 0.15) is 5.78 Å². The Kier molecular flexibility index (Phi) is 9.10. The fourth-order valence-corrected chi connectivity index (χ4v) is 5.72. The van der Waals surface area contributed by atoms with Crippen LogP contribution in [0.5, 0.6) is 0 Å². The van der Waals surface area contributed by atoms with Gasteiger partial charge in [-0.3, -0.25) is 9.88 Å². The second-order valence-corrected chi connectivity index (χ2v) is 10.9. The van der Waals surface area contributed by atoms with Gasteiger partial charge in [0.2, 0.25) is 0 Å². The Morgan fingerprint density at radius 2 is 1.11 bits per heavy atom. The Hall–Kier alpha value is -3.21. The van der Waals surface area contributed by atoms with Crippen LogP contribution in [0.15, 0.2) is 115 Å². The number of nitrogens with zero attached hydrogens (tertiary/aromatic N) is 1. The summed E-state index contributed by atoms with van der Waals surface area (Å²) in [5.41, 5.74) is 4.87. The molecule has 0 bridgehead atoms. The Labute approximate surface area is 214 Å². The molecule has 0 aromatic heterocycles. The lowest BCUT2D eigenvalue weighted by atomic mass is 10.2. The summed E-state index contributed by atoms with van der Waals surface area (Å²) in [5.74, 6) is -0.652. The average Bonchev–Trinajstić information content (AvgIpc) is 2.93. The van der Waals surface area contributed by atoms with Gasteiger partial charge in [-0.1, -0.05) is 103 Å². The summed E-state index contributed by atoms with van der Waals surface area (Å²) in [7, 11) is 0.311. The predicted molar refractivity (Wildman–Crippen MR) is 147 cm³/mol. The zero-order chi connectivity index (χ0) is 25.2. The van der Waals surface area contributed by atoms with Crippen molar-refractivity contribution in [2.24, 2.45) is 0 Å². The first-order chi connectivity index (χ1) is 17.5. The van der Waals surface area contributed by atoms with E-state index in [9.17, 15) is 4.57 Å². The minimum Gasteiger partial charge on any atom is -0.378 e. The zero-order valence-electron chi connectivity index (χ0n) is 20.8. The Morgan fingerprint density at radius 1 is 0.667 bits per heavy atom. The molecule has 0 saturated heterocycles. The second-order valence-electron chi connectivity index (χ2n) is 8.81. The van der Waals surface area contributed by atoms with Crippen LogP contribution in [-0.2, 0) is 33.4 Å². The van der Waals surface area contributed by atoms with Gasteiger partial charge in [0.15, 0.2) is 0 Å². The molecular weight excluding hydrogens is 467 g/mol. The molecule has 4 aromatic rings. The molecule has 0 spiro atoms. The molecule has 0 aliphatic heterocycles. The third kappa shape index (κ3) is 7.16. The number of hydrogen-bond donors (Lipinski definition) is 1. The lowest BCUT2D eigenvalue weighted by Gasteiger charge is -2.29. The van der Waals surface area contributed by atoms with Gasteiger partial charge >= 0.3 is 7.60 Å². The molecule has 0 amide bonds. The van der Waals surface area contributed by atoms with Crippen LogP contribution >= 0.6 is 7.60 Å². The summed E-state index contributed by atoms with van der Waals surface area (Å²) >= 11 is 0. The Bertz CT molecular complexity index is 1190. The Balaban J connectivity index is 1.66. The van der Waals surface area contributed by atoms with Crippen molar-refractivity contribution in [2.75, 3.05) is 19.0 Å². The molecule has 0 heterocycles. The van der Waals surface area contributed by atoms with E-state index in [1.807, 2.05) is 134 Å². The predicted octanol–water partition coefficient (Wildman–Crippen LogP) is 7.17. The molecule has 4 rings (SSSR count). The topological polar surface area (TPSA) is 50.8 Å². The van der Waals surface area contributed by atoms with E-state index in [1.165, 1.54) is 0 Å². The molecule has 0 radical (unpaired) electrons. The van der Waals surface area contributed by atoms with E-state index in [0.29, 0.717) is 6.54 Å². The minimum absolute atomic E-state index is 0.187. The lowest BCUT2D eigenvalue weighted by molar-refractivity contribution is 0.179. The molecule has 5 nitrogen and oxygen atoms in total. The van der Waals surface area contributed by atoms with E-state index in [4.69, 9.17) is 9.05 Å². The van der Waals surface area contributed by atoms with Gasteiger partial charge in [-0.2, -0.15) is 0 Å². The van der Waals surface area contributed by atoms with Crippen LogP contribution in [0.1, 0.15) is 28.0 Å². The second kappa shape index (κ2) is 12.7. The maximum absolute atomic E-state index is 14.6. The van der Waals surface area contributed by atoms with E-state index < -0.39 is 13.4 Å². The summed E-state index contributed by atoms with van der Waals surface area (Å²) in [4.78, 5) is 2.04. The van der Waals surface area contributed by atoms with Crippen LogP contribution in [0.2, 0.25) is 0 Å². The summed E-state index contributed by atoms with van der Waals surface area (Å²) < 4.78 is 26.9. The van der Waals surface area contributed by atoms with E-state index in [-0.39, 0.29) is 13.2 Å². The highest BCUT2D eigenvalue weighted by molar-refractivity contribution is 7.54. The largest absolute Gasteiger partial charge is 0.378 e. The molecule has 0 aliphatic rings. The monoisotopic (exact) mass is 500 g/mol. The van der Waals surface area contributed by atoms with Crippen LogP contribution in [-0.4, -0.2) is 14.1 Å². The molecule has 186 valence electrons. The summed E-state index contributed by atoms with van der Waals surface area (Å²) in [6, 6.07) is 37.6. The van der Waals surface area contributed by atoms with Crippen molar-refractivity contribution in [3.05, 3.63) is 138 Å². The first-order valence-corrected chi connectivity index (χ1v) is 13.7. The normalized spacial score (nSPS) is 12.3. The molecule has 0 fully saturated rings. The highest BCUT2D eigenvalue weighted by atomic mass is 31.2. The molecule has 6 heteroatoms. The van der Waals surface area contributed by atoms with Crippen molar-refractivity contribution in [3.63, 3.8) is 0 Å². The van der Waals surface area contributed by atoms with Gasteiger partial charge in [0.05, 0.1) is 13.2 Å². The maximum Gasteiger partial charge on any atom is 0.352 e. The zero-order valence-corrected chi connectivity index (χ0v) is 21.7. The van der Waals surface area contributed by atoms with Crippen LogP contribution in [0, 0.1) is 0 Å².